The third-order valence-corrected chi connectivity index (χ3v) is 3.95. The first-order chi connectivity index (χ1) is 8.44. The lowest BCUT2D eigenvalue weighted by atomic mass is 10.3. The number of sulfonamides is 1. The summed E-state index contributed by atoms with van der Waals surface area (Å²) < 4.78 is 27.7. The summed E-state index contributed by atoms with van der Waals surface area (Å²) in [6.45, 7) is 1.83. The molecule has 0 radical (unpaired) electrons. The van der Waals surface area contributed by atoms with E-state index in [0.717, 1.165) is 5.69 Å². The maximum absolute atomic E-state index is 11.9. The van der Waals surface area contributed by atoms with Crippen LogP contribution in [0.3, 0.4) is 0 Å². The Labute approximate surface area is 105 Å². The van der Waals surface area contributed by atoms with Crippen molar-refractivity contribution in [3.63, 3.8) is 0 Å². The minimum Gasteiger partial charge on any atom is -0.399 e. The Morgan fingerprint density at radius 1 is 1.33 bits per heavy atom. The topological polar surface area (TPSA) is 90.0 Å². The number of nitrogens with one attached hydrogen (secondary N) is 1. The van der Waals surface area contributed by atoms with Crippen LogP contribution < -0.4 is 10.5 Å². The lowest BCUT2D eigenvalue weighted by Crippen LogP contribution is -2.21. The summed E-state index contributed by atoms with van der Waals surface area (Å²) in [5.41, 5.74) is 7.30. The van der Waals surface area contributed by atoms with Crippen molar-refractivity contribution in [2.24, 2.45) is 0 Å². The van der Waals surface area contributed by atoms with Crippen molar-refractivity contribution in [3.8, 4) is 5.69 Å². The van der Waals surface area contributed by atoms with Gasteiger partial charge in [0.05, 0.1) is 11.4 Å². The molecule has 0 aliphatic carbocycles. The van der Waals surface area contributed by atoms with Crippen LogP contribution in [0, 0.1) is 6.92 Å². The molecule has 0 amide bonds. The van der Waals surface area contributed by atoms with Crippen LogP contribution in [-0.2, 0) is 10.0 Å². The van der Waals surface area contributed by atoms with Gasteiger partial charge in [0.2, 0.25) is 10.0 Å². The maximum atomic E-state index is 11.9. The van der Waals surface area contributed by atoms with E-state index in [1.807, 2.05) is 6.92 Å². The fraction of sp³-hybridized carbons (Fsp3) is 0.182. The summed E-state index contributed by atoms with van der Waals surface area (Å²) in [7, 11) is -2.22. The Balaban J connectivity index is 2.69. The van der Waals surface area contributed by atoms with Gasteiger partial charge in [-0.2, -0.15) is 5.10 Å². The molecule has 2 aromatic rings. The van der Waals surface area contributed by atoms with E-state index < -0.39 is 10.0 Å². The van der Waals surface area contributed by atoms with Crippen molar-refractivity contribution in [2.45, 2.75) is 11.8 Å². The Kier molecular flexibility index (Phi) is 3.10. The number of nitrogens with two attached hydrogens (primary N) is 1. The highest BCUT2D eigenvalue weighted by Crippen LogP contribution is 2.22. The molecule has 0 atom stereocenters. The van der Waals surface area contributed by atoms with Gasteiger partial charge in [-0.15, -0.1) is 0 Å². The summed E-state index contributed by atoms with van der Waals surface area (Å²) >= 11 is 0. The van der Waals surface area contributed by atoms with Gasteiger partial charge in [0, 0.05) is 11.9 Å². The second kappa shape index (κ2) is 4.43. The van der Waals surface area contributed by atoms with Gasteiger partial charge in [-0.3, -0.25) is 0 Å². The largest absolute Gasteiger partial charge is 0.399 e. The van der Waals surface area contributed by atoms with Gasteiger partial charge >= 0.3 is 0 Å². The quantitative estimate of drug-likeness (QED) is 0.799. The fourth-order valence-electron chi connectivity index (χ4n) is 1.59. The molecule has 6 nitrogen and oxygen atoms in total. The van der Waals surface area contributed by atoms with Crippen molar-refractivity contribution >= 4 is 15.7 Å². The van der Waals surface area contributed by atoms with Gasteiger partial charge in [-0.25, -0.2) is 17.8 Å². The van der Waals surface area contributed by atoms with E-state index in [0.29, 0.717) is 11.4 Å². The maximum Gasteiger partial charge on any atom is 0.242 e. The number of anilines is 1. The normalized spacial score (nSPS) is 11.7. The number of rotatable bonds is 3. The second-order valence-electron chi connectivity index (χ2n) is 3.84. The van der Waals surface area contributed by atoms with E-state index in [4.69, 9.17) is 5.73 Å². The van der Waals surface area contributed by atoms with Crippen LogP contribution in [0.1, 0.15) is 5.69 Å². The molecule has 0 unspecified atom stereocenters. The van der Waals surface area contributed by atoms with Crippen LogP contribution in [0.25, 0.3) is 5.69 Å². The number of aromatic nitrogens is 2. The van der Waals surface area contributed by atoms with Crippen LogP contribution in [0.2, 0.25) is 0 Å². The average Bonchev–Trinajstić information content (AvgIpc) is 2.75. The zero-order chi connectivity index (χ0) is 13.3. The molecule has 0 aliphatic rings. The lowest BCUT2D eigenvalue weighted by molar-refractivity contribution is 0.587. The molecule has 0 aliphatic heterocycles. The van der Waals surface area contributed by atoms with E-state index >= 15 is 0 Å². The van der Waals surface area contributed by atoms with Crippen LogP contribution in [-0.4, -0.2) is 25.2 Å². The molecular weight excluding hydrogens is 252 g/mol. The molecule has 1 aromatic carbocycles. The minimum atomic E-state index is -3.58. The fourth-order valence-corrected chi connectivity index (χ4v) is 2.54. The standard InChI is InChI=1S/C11H14N4O2S/c1-8-5-6-15(14-8)10-4-3-9(12)7-11(10)18(16,17)13-2/h3-7,13H,12H2,1-2H3. The van der Waals surface area contributed by atoms with Crippen molar-refractivity contribution < 1.29 is 8.42 Å². The smallest absolute Gasteiger partial charge is 0.242 e. The highest BCUT2D eigenvalue weighted by atomic mass is 32.2. The highest BCUT2D eigenvalue weighted by Gasteiger charge is 2.18. The third-order valence-electron chi connectivity index (χ3n) is 2.51. The molecule has 0 saturated carbocycles. The van der Waals surface area contributed by atoms with Crippen molar-refractivity contribution in [1.82, 2.24) is 14.5 Å². The number of hydrogen-bond acceptors (Lipinski definition) is 4. The molecule has 0 spiro atoms. The third kappa shape index (κ3) is 2.22. The van der Waals surface area contributed by atoms with Crippen LogP contribution in [0.5, 0.6) is 0 Å². The summed E-state index contributed by atoms with van der Waals surface area (Å²) in [6, 6.07) is 6.48. The zero-order valence-electron chi connectivity index (χ0n) is 10.1. The van der Waals surface area contributed by atoms with E-state index in [9.17, 15) is 8.42 Å². The summed E-state index contributed by atoms with van der Waals surface area (Å²) in [5, 5.41) is 4.20. The SMILES string of the molecule is CNS(=O)(=O)c1cc(N)ccc1-n1ccc(C)n1. The summed E-state index contributed by atoms with van der Waals surface area (Å²) in [4.78, 5) is 0.105. The van der Waals surface area contributed by atoms with Gasteiger partial charge in [0.1, 0.15) is 4.90 Å². The molecule has 0 fully saturated rings. The first kappa shape index (κ1) is 12.6. The zero-order valence-corrected chi connectivity index (χ0v) is 10.9. The Hall–Kier alpha value is -1.86. The van der Waals surface area contributed by atoms with Crippen molar-refractivity contribution in [1.29, 1.82) is 0 Å². The molecule has 2 rings (SSSR count). The highest BCUT2D eigenvalue weighted by molar-refractivity contribution is 7.89. The monoisotopic (exact) mass is 266 g/mol. The first-order valence-corrected chi connectivity index (χ1v) is 6.78. The molecular formula is C11H14N4O2S. The van der Waals surface area contributed by atoms with E-state index in [1.165, 1.54) is 17.8 Å². The molecule has 3 N–H and O–H groups in total. The van der Waals surface area contributed by atoms with Crippen molar-refractivity contribution in [3.05, 3.63) is 36.2 Å². The van der Waals surface area contributed by atoms with Gasteiger partial charge in [-0.1, -0.05) is 0 Å². The van der Waals surface area contributed by atoms with E-state index in [1.54, 1.807) is 24.4 Å². The van der Waals surface area contributed by atoms with Crippen LogP contribution in [0.4, 0.5) is 5.69 Å². The number of aryl methyl sites for hydroxylation is 1. The number of benzene rings is 1. The van der Waals surface area contributed by atoms with E-state index in [2.05, 4.69) is 9.82 Å². The van der Waals surface area contributed by atoms with E-state index in [-0.39, 0.29) is 4.90 Å². The van der Waals surface area contributed by atoms with Crippen molar-refractivity contribution in [2.75, 3.05) is 12.8 Å². The van der Waals surface area contributed by atoms with Crippen LogP contribution >= 0.6 is 0 Å². The lowest BCUT2D eigenvalue weighted by Gasteiger charge is -2.10. The number of hydrogen-bond donors (Lipinski definition) is 2. The molecule has 7 heteroatoms. The summed E-state index contributed by atoms with van der Waals surface area (Å²) in [6.07, 6.45) is 1.70. The van der Waals surface area contributed by atoms with Crippen LogP contribution in [0.15, 0.2) is 35.4 Å². The first-order valence-electron chi connectivity index (χ1n) is 5.30. The van der Waals surface area contributed by atoms with Gasteiger partial charge < -0.3 is 5.73 Å². The van der Waals surface area contributed by atoms with Gasteiger partial charge in [0.15, 0.2) is 0 Å². The number of nitrogen functional groups attached to an aromatic ring is 1. The molecule has 1 heterocycles. The summed E-state index contributed by atoms with van der Waals surface area (Å²) in [5.74, 6) is 0. The molecule has 1 aromatic heterocycles. The average molecular weight is 266 g/mol. The minimum absolute atomic E-state index is 0.105. The molecule has 96 valence electrons. The van der Waals surface area contributed by atoms with Gasteiger partial charge in [-0.05, 0) is 38.2 Å². The predicted molar refractivity (Wildman–Crippen MR) is 69.0 cm³/mol. The van der Waals surface area contributed by atoms with Gasteiger partial charge in [0.25, 0.3) is 0 Å². The molecule has 0 saturated heterocycles. The molecule has 0 bridgehead atoms. The Morgan fingerprint density at radius 2 is 2.06 bits per heavy atom. The predicted octanol–water partition coefficient (Wildman–Crippen LogP) is 0.671. The Bertz CT molecular complexity index is 676. The Morgan fingerprint density at radius 3 is 2.61 bits per heavy atom. The molecule has 18 heavy (non-hydrogen) atoms. The second-order valence-corrected chi connectivity index (χ2v) is 5.69. The number of nitrogens with zero attached hydrogens (tertiary/aromatic N) is 2.